The Hall–Kier alpha value is -2.55. The number of likely N-dealkylation sites (tertiary alicyclic amines) is 1. The van der Waals surface area contributed by atoms with E-state index in [9.17, 15) is 9.59 Å². The predicted octanol–water partition coefficient (Wildman–Crippen LogP) is 2.24. The van der Waals surface area contributed by atoms with Crippen LogP contribution in [0.4, 0.5) is 0 Å². The number of nitrogens with zero attached hydrogens (tertiary/aromatic N) is 5. The Kier molecular flexibility index (Phi) is 5.85. The summed E-state index contributed by atoms with van der Waals surface area (Å²) >= 11 is 1.48. The molecule has 0 unspecified atom stereocenters. The highest BCUT2D eigenvalue weighted by atomic mass is 32.1. The van der Waals surface area contributed by atoms with Crippen LogP contribution in [0.5, 0.6) is 0 Å². The van der Waals surface area contributed by atoms with E-state index in [0.29, 0.717) is 6.54 Å². The second kappa shape index (κ2) is 8.90. The maximum atomic E-state index is 13.4. The number of aromatic nitrogens is 2. The van der Waals surface area contributed by atoms with Crippen molar-refractivity contribution in [1.82, 2.24) is 24.1 Å². The predicted molar refractivity (Wildman–Crippen MR) is 121 cm³/mol. The summed E-state index contributed by atoms with van der Waals surface area (Å²) in [6.07, 6.45) is 3.96. The van der Waals surface area contributed by atoms with Crippen molar-refractivity contribution in [2.75, 3.05) is 39.3 Å². The van der Waals surface area contributed by atoms with Gasteiger partial charge in [-0.25, -0.2) is 4.98 Å². The normalized spacial score (nSPS) is 19.2. The molecule has 2 aliphatic heterocycles. The fraction of sp³-hybridized carbons (Fsp3) is 0.435. The molecule has 2 aliphatic rings. The number of hydrogen-bond donors (Lipinski definition) is 0. The monoisotopic (exact) mass is 437 g/mol. The van der Waals surface area contributed by atoms with Gasteiger partial charge in [0.25, 0.3) is 5.56 Å². The summed E-state index contributed by atoms with van der Waals surface area (Å²) in [5, 5.41) is 1.88. The van der Waals surface area contributed by atoms with Crippen molar-refractivity contribution in [3.63, 3.8) is 0 Å². The van der Waals surface area contributed by atoms with Crippen LogP contribution in [-0.2, 0) is 11.3 Å². The van der Waals surface area contributed by atoms with Gasteiger partial charge in [-0.1, -0.05) is 30.3 Å². The third-order valence-electron chi connectivity index (χ3n) is 6.28. The molecular weight excluding hydrogens is 410 g/mol. The molecule has 1 amide bonds. The summed E-state index contributed by atoms with van der Waals surface area (Å²) in [7, 11) is 0. The van der Waals surface area contributed by atoms with E-state index in [1.165, 1.54) is 11.3 Å². The molecule has 162 valence electrons. The first-order chi connectivity index (χ1) is 15.2. The van der Waals surface area contributed by atoms with Crippen molar-refractivity contribution in [3.8, 4) is 0 Å². The fourth-order valence-electron chi connectivity index (χ4n) is 4.63. The Morgan fingerprint density at radius 1 is 1.03 bits per heavy atom. The van der Waals surface area contributed by atoms with Crippen molar-refractivity contribution in [2.45, 2.75) is 25.4 Å². The van der Waals surface area contributed by atoms with E-state index in [-0.39, 0.29) is 17.5 Å². The highest BCUT2D eigenvalue weighted by Gasteiger charge is 2.34. The van der Waals surface area contributed by atoms with Crippen molar-refractivity contribution in [2.24, 2.45) is 0 Å². The van der Waals surface area contributed by atoms with Crippen LogP contribution in [0.3, 0.4) is 0 Å². The number of rotatable bonds is 5. The molecule has 1 atom stereocenters. The standard InChI is InChI=1S/C23H27N5O2S/c29-20-16-19(24-23-28(20)14-15-31-23)17-25-10-12-26(13-11-25)21(18-6-2-1-3-7-18)22(30)27-8-4-5-9-27/h1-3,6-7,14-16,21H,4-5,8-13,17H2/t21-/m0/s1. The number of carbonyl (C=O) groups excluding carboxylic acids is 1. The van der Waals surface area contributed by atoms with Gasteiger partial charge in [0.2, 0.25) is 5.91 Å². The van der Waals surface area contributed by atoms with Gasteiger partial charge in [-0.15, -0.1) is 11.3 Å². The van der Waals surface area contributed by atoms with Gasteiger partial charge >= 0.3 is 0 Å². The minimum Gasteiger partial charge on any atom is -0.341 e. The molecule has 0 N–H and O–H groups in total. The van der Waals surface area contributed by atoms with Crippen molar-refractivity contribution < 1.29 is 4.79 Å². The van der Waals surface area contributed by atoms with Crippen LogP contribution in [0.15, 0.2) is 52.8 Å². The Morgan fingerprint density at radius 2 is 1.77 bits per heavy atom. The zero-order valence-electron chi connectivity index (χ0n) is 17.5. The van der Waals surface area contributed by atoms with Crippen molar-refractivity contribution in [1.29, 1.82) is 0 Å². The molecule has 2 aromatic heterocycles. The SMILES string of the molecule is O=C([C@H](c1ccccc1)N1CCN(Cc2cc(=O)n3ccsc3n2)CC1)N1CCCC1. The van der Waals surface area contributed by atoms with Crippen LogP contribution in [0.1, 0.15) is 30.1 Å². The highest BCUT2D eigenvalue weighted by molar-refractivity contribution is 7.15. The first-order valence-corrected chi connectivity index (χ1v) is 11.8. The summed E-state index contributed by atoms with van der Waals surface area (Å²) in [4.78, 5) is 37.7. The molecule has 0 radical (unpaired) electrons. The number of benzene rings is 1. The molecular formula is C23H27N5O2S. The number of fused-ring (bicyclic) bond motifs is 1. The first kappa shape index (κ1) is 20.4. The van der Waals surface area contributed by atoms with Gasteiger partial charge in [-0.05, 0) is 18.4 Å². The van der Waals surface area contributed by atoms with Gasteiger partial charge in [-0.2, -0.15) is 0 Å². The van der Waals surface area contributed by atoms with E-state index in [0.717, 1.165) is 68.3 Å². The van der Waals surface area contributed by atoms with E-state index in [1.54, 1.807) is 16.7 Å². The number of thiazole rings is 1. The molecule has 31 heavy (non-hydrogen) atoms. The van der Waals surface area contributed by atoms with Crippen LogP contribution >= 0.6 is 11.3 Å². The van der Waals surface area contributed by atoms with E-state index in [1.807, 2.05) is 28.5 Å². The molecule has 2 fully saturated rings. The maximum Gasteiger partial charge on any atom is 0.258 e. The molecule has 8 heteroatoms. The molecule has 5 rings (SSSR count). The number of amides is 1. The Labute approximate surface area is 185 Å². The number of carbonyl (C=O) groups is 1. The maximum absolute atomic E-state index is 13.4. The van der Waals surface area contributed by atoms with Crippen molar-refractivity contribution in [3.05, 3.63) is 69.6 Å². The lowest BCUT2D eigenvalue weighted by Gasteiger charge is -2.39. The molecule has 1 aromatic carbocycles. The zero-order chi connectivity index (χ0) is 21.2. The second-order valence-corrected chi connectivity index (χ2v) is 9.17. The van der Waals surface area contributed by atoms with Gasteiger partial charge in [-0.3, -0.25) is 23.8 Å². The lowest BCUT2D eigenvalue weighted by molar-refractivity contribution is -0.137. The average Bonchev–Trinajstić information content (AvgIpc) is 3.48. The second-order valence-electron chi connectivity index (χ2n) is 8.30. The van der Waals surface area contributed by atoms with Crippen LogP contribution < -0.4 is 5.56 Å². The van der Waals surface area contributed by atoms with E-state index >= 15 is 0 Å². The smallest absolute Gasteiger partial charge is 0.258 e. The van der Waals surface area contributed by atoms with E-state index < -0.39 is 0 Å². The Morgan fingerprint density at radius 3 is 2.52 bits per heavy atom. The highest BCUT2D eigenvalue weighted by Crippen LogP contribution is 2.26. The average molecular weight is 438 g/mol. The topological polar surface area (TPSA) is 61.2 Å². The third-order valence-corrected chi connectivity index (χ3v) is 7.04. The van der Waals surface area contributed by atoms with Gasteiger partial charge in [0, 0.05) is 63.5 Å². The van der Waals surface area contributed by atoms with Gasteiger partial charge in [0.15, 0.2) is 4.96 Å². The number of piperazine rings is 1. The van der Waals surface area contributed by atoms with E-state index in [2.05, 4.69) is 26.9 Å². The third kappa shape index (κ3) is 4.28. The molecule has 0 bridgehead atoms. The van der Waals surface area contributed by atoms with Crippen LogP contribution in [0.2, 0.25) is 0 Å². The molecule has 3 aromatic rings. The van der Waals surface area contributed by atoms with Gasteiger partial charge in [0.05, 0.1) is 5.69 Å². The molecule has 2 saturated heterocycles. The van der Waals surface area contributed by atoms with Gasteiger partial charge < -0.3 is 4.90 Å². The molecule has 4 heterocycles. The molecule has 0 saturated carbocycles. The van der Waals surface area contributed by atoms with Gasteiger partial charge in [0.1, 0.15) is 6.04 Å². The first-order valence-electron chi connectivity index (χ1n) is 10.9. The van der Waals surface area contributed by atoms with Crippen LogP contribution in [-0.4, -0.2) is 69.3 Å². The zero-order valence-corrected chi connectivity index (χ0v) is 18.3. The fourth-order valence-corrected chi connectivity index (χ4v) is 5.37. The van der Waals surface area contributed by atoms with Crippen LogP contribution in [0.25, 0.3) is 4.96 Å². The quantitative estimate of drug-likeness (QED) is 0.613. The lowest BCUT2D eigenvalue weighted by atomic mass is 10.0. The summed E-state index contributed by atoms with van der Waals surface area (Å²) < 4.78 is 1.58. The minimum atomic E-state index is -0.216. The Balaban J connectivity index is 1.28. The lowest BCUT2D eigenvalue weighted by Crippen LogP contribution is -2.51. The van der Waals surface area contributed by atoms with Crippen LogP contribution in [0, 0.1) is 0 Å². The summed E-state index contributed by atoms with van der Waals surface area (Å²) in [6.45, 7) is 5.74. The molecule has 7 nitrogen and oxygen atoms in total. The molecule has 0 spiro atoms. The minimum absolute atomic E-state index is 0.0276. The Bertz CT molecular complexity index is 1100. The molecule has 0 aliphatic carbocycles. The van der Waals surface area contributed by atoms with Crippen molar-refractivity contribution >= 4 is 22.2 Å². The summed E-state index contributed by atoms with van der Waals surface area (Å²) in [5.74, 6) is 0.231. The largest absolute Gasteiger partial charge is 0.341 e. The summed E-state index contributed by atoms with van der Waals surface area (Å²) in [6, 6.07) is 11.6. The van der Waals surface area contributed by atoms with E-state index in [4.69, 9.17) is 0 Å². The number of hydrogen-bond acceptors (Lipinski definition) is 6. The summed E-state index contributed by atoms with van der Waals surface area (Å²) in [5.41, 5.74) is 1.86.